The molecule has 1 aromatic rings. The number of nitrogens with one attached hydrogen (secondary N) is 1. The number of carbonyl (C=O) groups is 1. The second-order valence-electron chi connectivity index (χ2n) is 5.75. The van der Waals surface area contributed by atoms with Gasteiger partial charge < -0.3 is 15.3 Å². The Morgan fingerprint density at radius 2 is 2.29 bits per heavy atom. The van der Waals surface area contributed by atoms with Crippen LogP contribution >= 0.6 is 0 Å². The Hall–Kier alpha value is -1.62. The molecule has 0 aliphatic carbocycles. The van der Waals surface area contributed by atoms with E-state index in [4.69, 9.17) is 0 Å². The highest BCUT2D eigenvalue weighted by Gasteiger charge is 2.34. The van der Waals surface area contributed by atoms with Gasteiger partial charge in [-0.25, -0.2) is 4.98 Å². The SMILES string of the molecule is CCCc1cc(C(=O)N2CCC(C)C2CO)cc(NC)n1. The number of aromatic nitrogens is 1. The zero-order valence-electron chi connectivity index (χ0n) is 13.1. The molecule has 0 saturated carbocycles. The van der Waals surface area contributed by atoms with Gasteiger partial charge in [0.15, 0.2) is 0 Å². The number of nitrogens with zero attached hydrogens (tertiary/aromatic N) is 2. The van der Waals surface area contributed by atoms with Crippen molar-refractivity contribution >= 4 is 11.7 Å². The topological polar surface area (TPSA) is 65.5 Å². The molecule has 5 heteroatoms. The predicted octanol–water partition coefficient (Wildman–Crippen LogP) is 1.92. The van der Waals surface area contributed by atoms with E-state index < -0.39 is 0 Å². The Morgan fingerprint density at radius 3 is 2.90 bits per heavy atom. The van der Waals surface area contributed by atoms with Crippen LogP contribution in [0, 0.1) is 5.92 Å². The fourth-order valence-electron chi connectivity index (χ4n) is 2.93. The Kier molecular flexibility index (Phi) is 5.17. The van der Waals surface area contributed by atoms with Crippen LogP contribution in [0.25, 0.3) is 0 Å². The van der Waals surface area contributed by atoms with Crippen LogP contribution in [0.4, 0.5) is 5.82 Å². The molecule has 0 spiro atoms. The second kappa shape index (κ2) is 6.89. The number of amides is 1. The molecule has 1 aromatic heterocycles. The van der Waals surface area contributed by atoms with Gasteiger partial charge in [-0.05, 0) is 30.9 Å². The van der Waals surface area contributed by atoms with Crippen LogP contribution in [0.1, 0.15) is 42.7 Å². The molecule has 2 rings (SSSR count). The summed E-state index contributed by atoms with van der Waals surface area (Å²) in [6.45, 7) is 4.92. The molecule has 116 valence electrons. The molecule has 21 heavy (non-hydrogen) atoms. The lowest BCUT2D eigenvalue weighted by molar-refractivity contribution is 0.0648. The maximum absolute atomic E-state index is 12.7. The van der Waals surface area contributed by atoms with Crippen LogP contribution < -0.4 is 5.32 Å². The molecule has 2 atom stereocenters. The van der Waals surface area contributed by atoms with Crippen molar-refractivity contribution in [2.75, 3.05) is 25.5 Å². The minimum Gasteiger partial charge on any atom is -0.394 e. The summed E-state index contributed by atoms with van der Waals surface area (Å²) in [7, 11) is 1.81. The summed E-state index contributed by atoms with van der Waals surface area (Å²) in [5.41, 5.74) is 1.59. The summed E-state index contributed by atoms with van der Waals surface area (Å²) in [5.74, 6) is 1.06. The van der Waals surface area contributed by atoms with E-state index in [2.05, 4.69) is 24.1 Å². The van der Waals surface area contributed by atoms with Crippen molar-refractivity contribution in [2.24, 2.45) is 5.92 Å². The zero-order chi connectivity index (χ0) is 15.4. The number of hydrogen-bond acceptors (Lipinski definition) is 4. The van der Waals surface area contributed by atoms with E-state index in [1.807, 2.05) is 6.07 Å². The molecule has 2 heterocycles. The molecule has 1 aliphatic heterocycles. The number of aliphatic hydroxyl groups is 1. The third-order valence-electron chi connectivity index (χ3n) is 4.22. The highest BCUT2D eigenvalue weighted by Crippen LogP contribution is 2.26. The average molecular weight is 291 g/mol. The summed E-state index contributed by atoms with van der Waals surface area (Å²) in [4.78, 5) is 19.0. The quantitative estimate of drug-likeness (QED) is 0.870. The molecule has 1 amide bonds. The molecule has 2 N–H and O–H groups in total. The zero-order valence-corrected chi connectivity index (χ0v) is 13.1. The van der Waals surface area contributed by atoms with E-state index in [0.29, 0.717) is 18.0 Å². The van der Waals surface area contributed by atoms with Crippen LogP contribution in [0.2, 0.25) is 0 Å². The Bertz CT molecular complexity index is 504. The molecule has 1 fully saturated rings. The molecular formula is C16H25N3O2. The highest BCUT2D eigenvalue weighted by atomic mass is 16.3. The van der Waals surface area contributed by atoms with E-state index in [0.717, 1.165) is 30.8 Å². The van der Waals surface area contributed by atoms with E-state index in [9.17, 15) is 9.90 Å². The summed E-state index contributed by atoms with van der Waals surface area (Å²) in [5, 5.41) is 12.5. The number of hydrogen-bond donors (Lipinski definition) is 2. The summed E-state index contributed by atoms with van der Waals surface area (Å²) < 4.78 is 0. The van der Waals surface area contributed by atoms with E-state index >= 15 is 0 Å². The molecule has 0 radical (unpaired) electrons. The van der Waals surface area contributed by atoms with Gasteiger partial charge in [0, 0.05) is 24.8 Å². The smallest absolute Gasteiger partial charge is 0.254 e. The van der Waals surface area contributed by atoms with Gasteiger partial charge >= 0.3 is 0 Å². The maximum atomic E-state index is 12.7. The fraction of sp³-hybridized carbons (Fsp3) is 0.625. The summed E-state index contributed by atoms with van der Waals surface area (Å²) in [6.07, 6.45) is 2.80. The Labute approximate surface area is 126 Å². The van der Waals surface area contributed by atoms with Gasteiger partial charge in [-0.1, -0.05) is 20.3 Å². The van der Waals surface area contributed by atoms with Crippen LogP contribution in [-0.2, 0) is 6.42 Å². The molecular weight excluding hydrogens is 266 g/mol. The molecule has 5 nitrogen and oxygen atoms in total. The molecule has 1 saturated heterocycles. The Balaban J connectivity index is 2.27. The Morgan fingerprint density at radius 1 is 1.52 bits per heavy atom. The predicted molar refractivity (Wildman–Crippen MR) is 83.5 cm³/mol. The van der Waals surface area contributed by atoms with E-state index in [1.165, 1.54) is 0 Å². The van der Waals surface area contributed by atoms with E-state index in [1.54, 1.807) is 18.0 Å². The van der Waals surface area contributed by atoms with Gasteiger partial charge in [0.05, 0.1) is 12.6 Å². The van der Waals surface area contributed by atoms with Crippen LogP contribution in [0.3, 0.4) is 0 Å². The van der Waals surface area contributed by atoms with E-state index in [-0.39, 0.29) is 18.6 Å². The lowest BCUT2D eigenvalue weighted by Crippen LogP contribution is -2.39. The number of pyridine rings is 1. The van der Waals surface area contributed by atoms with Gasteiger partial charge in [0.25, 0.3) is 5.91 Å². The van der Waals surface area contributed by atoms with Gasteiger partial charge in [0.1, 0.15) is 5.82 Å². The number of anilines is 1. The number of aryl methyl sites for hydroxylation is 1. The van der Waals surface area contributed by atoms with Crippen molar-refractivity contribution in [3.63, 3.8) is 0 Å². The third kappa shape index (κ3) is 3.35. The van der Waals surface area contributed by atoms with Gasteiger partial charge in [-0.3, -0.25) is 4.79 Å². The van der Waals surface area contributed by atoms with Crippen molar-refractivity contribution in [1.82, 2.24) is 9.88 Å². The van der Waals surface area contributed by atoms with Crippen molar-refractivity contribution in [1.29, 1.82) is 0 Å². The minimum absolute atomic E-state index is 0.00495. The average Bonchev–Trinajstić information content (AvgIpc) is 2.87. The first-order chi connectivity index (χ1) is 10.1. The van der Waals surface area contributed by atoms with Crippen molar-refractivity contribution in [3.8, 4) is 0 Å². The standard InChI is InChI=1S/C16H25N3O2/c1-4-5-13-8-12(9-15(17-3)18-13)16(21)19-7-6-11(2)14(19)10-20/h8-9,11,14,20H,4-7,10H2,1-3H3,(H,17,18). The van der Waals surface area contributed by atoms with Crippen molar-refractivity contribution < 1.29 is 9.90 Å². The third-order valence-corrected chi connectivity index (χ3v) is 4.22. The first-order valence-electron chi connectivity index (χ1n) is 7.71. The van der Waals surface area contributed by atoms with Gasteiger partial charge in [-0.2, -0.15) is 0 Å². The number of rotatable bonds is 5. The second-order valence-corrected chi connectivity index (χ2v) is 5.75. The van der Waals surface area contributed by atoms with Gasteiger partial charge in [0.2, 0.25) is 0 Å². The van der Waals surface area contributed by atoms with Crippen LogP contribution in [-0.4, -0.2) is 47.1 Å². The lowest BCUT2D eigenvalue weighted by Gasteiger charge is -2.25. The number of aliphatic hydroxyl groups excluding tert-OH is 1. The largest absolute Gasteiger partial charge is 0.394 e. The fourth-order valence-corrected chi connectivity index (χ4v) is 2.93. The number of carbonyl (C=O) groups excluding carboxylic acids is 1. The maximum Gasteiger partial charge on any atom is 0.254 e. The molecule has 2 unspecified atom stereocenters. The van der Waals surface area contributed by atoms with Crippen LogP contribution in [0.5, 0.6) is 0 Å². The minimum atomic E-state index is -0.0710. The first kappa shape index (κ1) is 15.8. The summed E-state index contributed by atoms with van der Waals surface area (Å²) >= 11 is 0. The van der Waals surface area contributed by atoms with Crippen LogP contribution in [0.15, 0.2) is 12.1 Å². The number of likely N-dealkylation sites (tertiary alicyclic amines) is 1. The van der Waals surface area contributed by atoms with Crippen molar-refractivity contribution in [3.05, 3.63) is 23.4 Å². The first-order valence-corrected chi connectivity index (χ1v) is 7.71. The lowest BCUT2D eigenvalue weighted by atomic mass is 10.0. The normalized spacial score (nSPS) is 21.6. The molecule has 0 bridgehead atoms. The summed E-state index contributed by atoms with van der Waals surface area (Å²) in [6, 6.07) is 3.60. The highest BCUT2D eigenvalue weighted by molar-refractivity contribution is 5.95. The molecule has 0 aromatic carbocycles. The molecule has 1 aliphatic rings. The van der Waals surface area contributed by atoms with Gasteiger partial charge in [-0.15, -0.1) is 0 Å². The monoisotopic (exact) mass is 291 g/mol. The van der Waals surface area contributed by atoms with Crippen molar-refractivity contribution in [2.45, 2.75) is 39.2 Å².